The van der Waals surface area contributed by atoms with Gasteiger partial charge in [-0.3, -0.25) is 14.4 Å². The van der Waals surface area contributed by atoms with Gasteiger partial charge < -0.3 is 4.90 Å². The minimum Gasteiger partial charge on any atom is -0.335 e. The molecule has 0 radical (unpaired) electrons. The van der Waals surface area contributed by atoms with E-state index in [0.717, 1.165) is 30.2 Å². The lowest BCUT2D eigenvalue weighted by molar-refractivity contribution is 0.0643. The molecule has 0 N–H and O–H groups in total. The molecule has 1 atom stereocenters. The molecule has 0 aliphatic carbocycles. The van der Waals surface area contributed by atoms with Crippen molar-refractivity contribution in [3.05, 3.63) is 71.2 Å². The van der Waals surface area contributed by atoms with E-state index in [-0.39, 0.29) is 23.5 Å². The average Bonchev–Trinajstić information content (AvgIpc) is 3.59. The molecule has 0 saturated carbocycles. The Morgan fingerprint density at radius 3 is 2.56 bits per heavy atom. The molecular weight excluding hydrogens is 468 g/mol. The zero-order chi connectivity index (χ0) is 23.5. The molecule has 2 aliphatic rings. The van der Waals surface area contributed by atoms with Crippen molar-refractivity contribution in [2.75, 3.05) is 44.2 Å². The van der Waals surface area contributed by atoms with Crippen molar-refractivity contribution in [3.8, 4) is 10.6 Å². The van der Waals surface area contributed by atoms with Crippen LogP contribution in [0.25, 0.3) is 16.6 Å². The van der Waals surface area contributed by atoms with Crippen molar-refractivity contribution in [1.29, 1.82) is 0 Å². The van der Waals surface area contributed by atoms with Crippen LogP contribution in [0.1, 0.15) is 28.5 Å². The monoisotopic (exact) mass is 496 g/mol. The van der Waals surface area contributed by atoms with Crippen LogP contribution in [0.2, 0.25) is 0 Å². The van der Waals surface area contributed by atoms with Gasteiger partial charge in [0.05, 0.1) is 28.1 Å². The number of rotatable bonds is 6. The summed E-state index contributed by atoms with van der Waals surface area (Å²) >= 11 is 1.57. The third-order valence-corrected chi connectivity index (χ3v) is 9.06. The first-order valence-electron chi connectivity index (χ1n) is 11.6. The lowest BCUT2D eigenvalue weighted by atomic mass is 10.2. The molecule has 1 aromatic carbocycles. The zero-order valence-electron chi connectivity index (χ0n) is 18.9. The Balaban J connectivity index is 1.25. The maximum atomic E-state index is 13.3. The molecule has 0 unspecified atom stereocenters. The van der Waals surface area contributed by atoms with Crippen molar-refractivity contribution in [2.45, 2.75) is 12.5 Å². The molecule has 4 heterocycles. The number of carbonyl (C=O) groups is 1. The highest BCUT2D eigenvalue weighted by molar-refractivity contribution is 7.91. The van der Waals surface area contributed by atoms with Crippen molar-refractivity contribution in [3.63, 3.8) is 0 Å². The fourth-order valence-corrected chi connectivity index (χ4v) is 6.98. The number of amides is 1. The summed E-state index contributed by atoms with van der Waals surface area (Å²) in [4.78, 5) is 18.5. The van der Waals surface area contributed by atoms with Crippen molar-refractivity contribution >= 4 is 33.2 Å². The Labute approximate surface area is 204 Å². The average molecular weight is 497 g/mol. The van der Waals surface area contributed by atoms with Gasteiger partial charge in [0.15, 0.2) is 15.5 Å². The standard InChI is InChI=1S/C25H28N4O3S2/c30-25(28-14-12-27(13-15-28)11-4-8-20-6-2-1-3-7-20)22-18-23(24-9-5-16-33-24)29(26-22)21-10-17-34(31,32)19-21/h1-9,16,18,21H,10-15,17,19H2/b8-4+/t21-/m1/s1. The van der Waals surface area contributed by atoms with Crippen LogP contribution in [0.15, 0.2) is 60.0 Å². The largest absolute Gasteiger partial charge is 0.335 e. The van der Waals surface area contributed by atoms with Gasteiger partial charge in [0.2, 0.25) is 0 Å². The smallest absolute Gasteiger partial charge is 0.274 e. The van der Waals surface area contributed by atoms with Gasteiger partial charge in [0, 0.05) is 32.7 Å². The first kappa shape index (κ1) is 23.0. The second kappa shape index (κ2) is 9.85. The van der Waals surface area contributed by atoms with E-state index in [0.29, 0.717) is 25.2 Å². The number of sulfone groups is 1. The highest BCUT2D eigenvalue weighted by Gasteiger charge is 2.33. The van der Waals surface area contributed by atoms with Gasteiger partial charge in [-0.25, -0.2) is 8.42 Å². The second-order valence-electron chi connectivity index (χ2n) is 8.80. The fourth-order valence-electron chi connectivity index (χ4n) is 4.55. The number of thiophene rings is 1. The van der Waals surface area contributed by atoms with Crippen LogP contribution in [0.4, 0.5) is 0 Å². The zero-order valence-corrected chi connectivity index (χ0v) is 20.5. The van der Waals surface area contributed by atoms with Crippen LogP contribution in [0, 0.1) is 0 Å². The summed E-state index contributed by atoms with van der Waals surface area (Å²) in [6.07, 6.45) is 4.82. The molecule has 2 fully saturated rings. The van der Waals surface area contributed by atoms with Crippen molar-refractivity contribution in [1.82, 2.24) is 19.6 Å². The molecule has 34 heavy (non-hydrogen) atoms. The summed E-state index contributed by atoms with van der Waals surface area (Å²) in [5.41, 5.74) is 2.40. The molecule has 2 saturated heterocycles. The fraction of sp³-hybridized carbons (Fsp3) is 0.360. The van der Waals surface area contributed by atoms with Crippen LogP contribution in [0.3, 0.4) is 0 Å². The van der Waals surface area contributed by atoms with Crippen molar-refractivity contribution < 1.29 is 13.2 Å². The van der Waals surface area contributed by atoms with Gasteiger partial charge in [-0.15, -0.1) is 11.3 Å². The van der Waals surface area contributed by atoms with E-state index in [9.17, 15) is 13.2 Å². The number of benzene rings is 1. The Morgan fingerprint density at radius 2 is 1.88 bits per heavy atom. The van der Waals surface area contributed by atoms with E-state index in [1.807, 2.05) is 46.7 Å². The Morgan fingerprint density at radius 1 is 1.09 bits per heavy atom. The lowest BCUT2D eigenvalue weighted by Crippen LogP contribution is -2.48. The number of hydrogen-bond acceptors (Lipinski definition) is 6. The maximum absolute atomic E-state index is 13.3. The quantitative estimate of drug-likeness (QED) is 0.523. The third-order valence-electron chi connectivity index (χ3n) is 6.42. The number of nitrogens with zero attached hydrogens (tertiary/aromatic N) is 4. The minimum absolute atomic E-state index is 0.0792. The van der Waals surface area contributed by atoms with Gasteiger partial charge in [-0.05, 0) is 29.5 Å². The van der Waals surface area contributed by atoms with E-state index in [1.165, 1.54) is 5.56 Å². The highest BCUT2D eigenvalue weighted by atomic mass is 32.2. The summed E-state index contributed by atoms with van der Waals surface area (Å²) in [5, 5.41) is 6.61. The summed E-state index contributed by atoms with van der Waals surface area (Å²) < 4.78 is 25.9. The lowest BCUT2D eigenvalue weighted by Gasteiger charge is -2.33. The van der Waals surface area contributed by atoms with E-state index in [2.05, 4.69) is 34.3 Å². The topological polar surface area (TPSA) is 75.5 Å². The third kappa shape index (κ3) is 5.16. The summed E-state index contributed by atoms with van der Waals surface area (Å²) in [6, 6.07) is 15.8. The molecular formula is C25H28N4O3S2. The molecule has 0 bridgehead atoms. The molecule has 2 aliphatic heterocycles. The molecule has 5 rings (SSSR count). The minimum atomic E-state index is -3.06. The Bertz CT molecular complexity index is 1260. The predicted molar refractivity (Wildman–Crippen MR) is 136 cm³/mol. The van der Waals surface area contributed by atoms with Gasteiger partial charge in [0.1, 0.15) is 0 Å². The normalized spacial score (nSPS) is 20.8. The summed E-state index contributed by atoms with van der Waals surface area (Å²) in [5.74, 6) is 0.165. The number of hydrogen-bond donors (Lipinski definition) is 0. The van der Waals surface area contributed by atoms with E-state index >= 15 is 0 Å². The number of carbonyl (C=O) groups excluding carboxylic acids is 1. The van der Waals surface area contributed by atoms with Crippen LogP contribution >= 0.6 is 11.3 Å². The first-order chi connectivity index (χ1) is 16.5. The van der Waals surface area contributed by atoms with Gasteiger partial charge in [-0.1, -0.05) is 48.6 Å². The molecule has 9 heteroatoms. The molecule has 2 aromatic heterocycles. The van der Waals surface area contributed by atoms with Crippen LogP contribution in [-0.4, -0.2) is 78.1 Å². The molecule has 1 amide bonds. The van der Waals surface area contributed by atoms with Crippen LogP contribution in [-0.2, 0) is 9.84 Å². The van der Waals surface area contributed by atoms with Crippen molar-refractivity contribution in [2.24, 2.45) is 0 Å². The van der Waals surface area contributed by atoms with Crippen LogP contribution < -0.4 is 0 Å². The summed E-state index contributed by atoms with van der Waals surface area (Å²) in [7, 11) is -3.06. The molecule has 0 spiro atoms. The maximum Gasteiger partial charge on any atom is 0.274 e. The van der Waals surface area contributed by atoms with Gasteiger partial charge >= 0.3 is 0 Å². The molecule has 178 valence electrons. The van der Waals surface area contributed by atoms with E-state index in [1.54, 1.807) is 16.0 Å². The van der Waals surface area contributed by atoms with Gasteiger partial charge in [-0.2, -0.15) is 5.10 Å². The first-order valence-corrected chi connectivity index (χ1v) is 14.3. The molecule has 3 aromatic rings. The predicted octanol–water partition coefficient (Wildman–Crippen LogP) is 3.44. The molecule has 7 nitrogen and oxygen atoms in total. The van der Waals surface area contributed by atoms with Gasteiger partial charge in [0.25, 0.3) is 5.91 Å². The Hall–Kier alpha value is -2.75. The summed E-state index contributed by atoms with van der Waals surface area (Å²) in [6.45, 7) is 3.77. The Kier molecular flexibility index (Phi) is 6.67. The van der Waals surface area contributed by atoms with E-state index in [4.69, 9.17) is 0 Å². The van der Waals surface area contributed by atoms with E-state index < -0.39 is 9.84 Å². The SMILES string of the molecule is O=C(c1cc(-c2cccs2)n([C@@H]2CCS(=O)(=O)C2)n1)N1CCN(C/C=C/c2ccccc2)CC1. The highest BCUT2D eigenvalue weighted by Crippen LogP contribution is 2.32. The number of piperazine rings is 1. The number of aromatic nitrogens is 2. The second-order valence-corrected chi connectivity index (χ2v) is 12.0. The van der Waals surface area contributed by atoms with Crippen LogP contribution in [0.5, 0.6) is 0 Å².